The van der Waals surface area contributed by atoms with Crippen LogP contribution in [0.1, 0.15) is 5.69 Å². The summed E-state index contributed by atoms with van der Waals surface area (Å²) >= 11 is 2.09. The summed E-state index contributed by atoms with van der Waals surface area (Å²) in [7, 11) is 0. The maximum atomic E-state index is 12.4. The van der Waals surface area contributed by atoms with E-state index in [1.165, 1.54) is 5.38 Å². The number of carbonyl (C=O) groups excluding carboxylic acids is 3. The Morgan fingerprint density at radius 1 is 1.50 bits per heavy atom. The first-order chi connectivity index (χ1) is 13.7. The van der Waals surface area contributed by atoms with E-state index in [2.05, 4.69) is 15.5 Å². The molecule has 0 saturated carbocycles. The number of allylic oxidation sites excluding steroid dienone is 2. The summed E-state index contributed by atoms with van der Waals surface area (Å²) in [4.78, 5) is 41.0. The molecule has 1 aromatic rings. The molecule has 0 spiro atoms. The molecule has 0 bridgehead atoms. The fraction of sp³-hybridized carbons (Fsp3) is 0.267. The van der Waals surface area contributed by atoms with Gasteiger partial charge in [-0.3, -0.25) is 14.5 Å². The van der Waals surface area contributed by atoms with Crippen molar-refractivity contribution >= 4 is 51.7 Å². The summed E-state index contributed by atoms with van der Waals surface area (Å²) in [5.74, 6) is -3.37. The number of carbonyl (C=O) groups is 3. The van der Waals surface area contributed by atoms with Crippen LogP contribution >= 0.6 is 23.1 Å². The molecule has 154 valence electrons. The number of fused-ring (bicyclic) bond motifs is 1. The number of nitrogens with one attached hydrogen (secondary N) is 1. The first kappa shape index (κ1) is 24.3. The minimum atomic E-state index is -2.79. The zero-order chi connectivity index (χ0) is 21.3. The molecule has 0 aromatic carbocycles. The summed E-state index contributed by atoms with van der Waals surface area (Å²) in [5, 5.41) is 26.5. The van der Waals surface area contributed by atoms with Gasteiger partial charge in [0.05, 0.1) is 11.7 Å². The van der Waals surface area contributed by atoms with Crippen LogP contribution in [0.3, 0.4) is 0 Å². The van der Waals surface area contributed by atoms with Crippen LogP contribution in [0.25, 0.3) is 0 Å². The van der Waals surface area contributed by atoms with Crippen molar-refractivity contribution in [2.45, 2.75) is 17.8 Å². The first-order valence-electron chi connectivity index (χ1n) is 7.84. The molecule has 1 aromatic heterocycles. The molecule has 10 nitrogen and oxygen atoms in total. The van der Waals surface area contributed by atoms with Gasteiger partial charge in [-0.25, -0.2) is 13.8 Å². The number of aromatic nitrogens is 1. The van der Waals surface area contributed by atoms with E-state index in [0.29, 0.717) is 6.08 Å². The van der Waals surface area contributed by atoms with E-state index >= 15 is 0 Å². The standard InChI is InChI=1S/C15H13F2N5O5S2.Na/c16-7(17)2-1-5-3-28-13-9(12(24)22(13)10(5)14(25)26)20-11(23)8(21-27)6-4-29-15(18)19-6;/h1-2,4,7,9,13,27H,3H2,(H2,18,19)(H,20,23)(H,25,26);/q;+1/p-1/b2-1-,21-8-;/t9-,13-;/m1./s1. The molecule has 1 saturated heterocycles. The Morgan fingerprint density at radius 2 is 2.20 bits per heavy atom. The average molecular weight is 467 g/mol. The normalized spacial score (nSPS) is 21.4. The van der Waals surface area contributed by atoms with E-state index in [-0.39, 0.29) is 51.7 Å². The van der Waals surface area contributed by atoms with Gasteiger partial charge < -0.3 is 26.2 Å². The van der Waals surface area contributed by atoms with Gasteiger partial charge in [-0.2, -0.15) is 0 Å². The zero-order valence-electron chi connectivity index (χ0n) is 15.2. The van der Waals surface area contributed by atoms with Crippen molar-refractivity contribution in [2.24, 2.45) is 5.16 Å². The number of β-lactam (4-membered cyclic amide) rings is 1. The second-order valence-corrected chi connectivity index (χ2v) is 7.73. The van der Waals surface area contributed by atoms with Crippen LogP contribution in [-0.2, 0) is 14.4 Å². The van der Waals surface area contributed by atoms with Gasteiger partial charge >= 0.3 is 29.6 Å². The van der Waals surface area contributed by atoms with Crippen molar-refractivity contribution in [3.63, 3.8) is 0 Å². The Hall–Kier alpha value is -2.00. The Bertz CT molecular complexity index is 967. The Morgan fingerprint density at radius 3 is 2.73 bits per heavy atom. The molecule has 15 heteroatoms. The van der Waals surface area contributed by atoms with Crippen LogP contribution in [0.4, 0.5) is 13.9 Å². The minimum absolute atomic E-state index is 0. The Labute approximate surface area is 198 Å². The number of thioether (sulfide) groups is 1. The average Bonchev–Trinajstić information content (AvgIpc) is 3.09. The Kier molecular flexibility index (Phi) is 7.99. The van der Waals surface area contributed by atoms with Gasteiger partial charge in [0.25, 0.3) is 18.2 Å². The molecular formula is C15H12F2N5NaO5S2. The topological polar surface area (TPSA) is 161 Å². The number of hydrogen-bond donors (Lipinski definition) is 3. The zero-order valence-corrected chi connectivity index (χ0v) is 18.9. The first-order valence-corrected chi connectivity index (χ1v) is 9.77. The molecule has 2 aliphatic rings. The number of halogens is 2. The number of aliphatic carboxylic acids is 1. The van der Waals surface area contributed by atoms with Crippen molar-refractivity contribution in [2.75, 3.05) is 11.5 Å². The van der Waals surface area contributed by atoms with E-state index in [4.69, 9.17) is 10.9 Å². The predicted molar refractivity (Wildman–Crippen MR) is 97.0 cm³/mol. The molecule has 0 radical (unpaired) electrons. The molecule has 2 atom stereocenters. The van der Waals surface area contributed by atoms with Crippen molar-refractivity contribution in [3.05, 3.63) is 34.5 Å². The van der Waals surface area contributed by atoms with Gasteiger partial charge in [0.15, 0.2) is 10.8 Å². The summed E-state index contributed by atoms with van der Waals surface area (Å²) in [6.07, 6.45) is -1.35. The Balaban J connectivity index is 0.00000320. The maximum absolute atomic E-state index is 12.4. The molecule has 3 rings (SSSR count). The summed E-state index contributed by atoms with van der Waals surface area (Å²) in [6, 6.07) is -1.12. The third-order valence-corrected chi connectivity index (χ3v) is 5.98. The number of amides is 2. The smallest absolute Gasteiger partial charge is 0.543 e. The van der Waals surface area contributed by atoms with Gasteiger partial charge in [-0.1, -0.05) is 11.2 Å². The van der Waals surface area contributed by atoms with Crippen molar-refractivity contribution in [3.8, 4) is 0 Å². The monoisotopic (exact) mass is 467 g/mol. The molecular weight excluding hydrogens is 455 g/mol. The number of nitrogens with zero attached hydrogens (tertiary/aromatic N) is 3. The second-order valence-electron chi connectivity index (χ2n) is 5.74. The number of nitrogens with two attached hydrogens (primary N) is 1. The summed E-state index contributed by atoms with van der Waals surface area (Å²) < 4.78 is 24.8. The van der Waals surface area contributed by atoms with E-state index < -0.39 is 47.0 Å². The number of carboxylic acids is 1. The van der Waals surface area contributed by atoms with Gasteiger partial charge in [0, 0.05) is 11.1 Å². The van der Waals surface area contributed by atoms with E-state index in [1.54, 1.807) is 0 Å². The molecule has 3 heterocycles. The molecule has 2 amide bonds. The van der Waals surface area contributed by atoms with Crippen LogP contribution in [0, 0.1) is 0 Å². The van der Waals surface area contributed by atoms with Crippen LogP contribution < -0.4 is 45.7 Å². The number of oxime groups is 1. The molecule has 1 fully saturated rings. The van der Waals surface area contributed by atoms with Crippen molar-refractivity contribution < 1.29 is 63.0 Å². The number of hydrogen-bond acceptors (Lipinski definition) is 10. The SMILES string of the molecule is Nc1nc(/C(=N/O)C(=O)N[C@@H]2C(=O)N3C(C(=O)[O-])=C(/C=C\C(F)F)CS[C@H]23)cs1.[Na+]. The largest absolute Gasteiger partial charge is 1.00 e. The van der Waals surface area contributed by atoms with Gasteiger partial charge in [-0.05, 0) is 11.6 Å². The van der Waals surface area contributed by atoms with Crippen LogP contribution in [-0.4, -0.2) is 62.2 Å². The van der Waals surface area contributed by atoms with Gasteiger partial charge in [-0.15, -0.1) is 23.1 Å². The van der Waals surface area contributed by atoms with Crippen LogP contribution in [0.5, 0.6) is 0 Å². The van der Waals surface area contributed by atoms with Crippen LogP contribution in [0.2, 0.25) is 0 Å². The summed E-state index contributed by atoms with van der Waals surface area (Å²) in [6.45, 7) is 0. The fourth-order valence-corrected chi connectivity index (χ4v) is 4.63. The maximum Gasteiger partial charge on any atom is 1.00 e. The predicted octanol–water partition coefficient (Wildman–Crippen LogP) is -3.87. The quantitative estimate of drug-likeness (QED) is 0.126. The minimum Gasteiger partial charge on any atom is -0.543 e. The van der Waals surface area contributed by atoms with E-state index in [1.807, 2.05) is 0 Å². The third kappa shape index (κ3) is 4.67. The summed E-state index contributed by atoms with van der Waals surface area (Å²) in [5.41, 5.74) is 4.48. The number of carboxylic acid groups (broad SMARTS) is 1. The third-order valence-electron chi connectivity index (χ3n) is 4.00. The second kappa shape index (κ2) is 9.87. The van der Waals surface area contributed by atoms with Crippen molar-refractivity contribution in [1.82, 2.24) is 15.2 Å². The molecule has 0 aliphatic carbocycles. The number of nitrogen functional groups attached to an aromatic ring is 1. The number of anilines is 1. The van der Waals surface area contributed by atoms with E-state index in [0.717, 1.165) is 34.1 Å². The number of rotatable bonds is 6. The van der Waals surface area contributed by atoms with Gasteiger partial charge in [0.1, 0.15) is 17.1 Å². The van der Waals surface area contributed by atoms with Crippen LogP contribution in [0.15, 0.2) is 34.0 Å². The molecule has 4 N–H and O–H groups in total. The number of alkyl halides is 2. The fourth-order valence-electron chi connectivity index (χ4n) is 2.77. The molecule has 2 aliphatic heterocycles. The van der Waals surface area contributed by atoms with Gasteiger partial charge in [0.2, 0.25) is 0 Å². The van der Waals surface area contributed by atoms with Crippen molar-refractivity contribution in [1.29, 1.82) is 0 Å². The molecule has 0 unspecified atom stereocenters. The number of thiazole rings is 1. The van der Waals surface area contributed by atoms with E-state index in [9.17, 15) is 28.3 Å². The molecule has 30 heavy (non-hydrogen) atoms.